The van der Waals surface area contributed by atoms with E-state index in [1.54, 1.807) is 5.38 Å². The Morgan fingerprint density at radius 1 is 1.29 bits per heavy atom. The first-order valence-corrected chi connectivity index (χ1v) is 9.90. The molecule has 0 saturated heterocycles. The van der Waals surface area contributed by atoms with Crippen molar-refractivity contribution in [2.45, 2.75) is 62.6 Å². The largest absolute Gasteiger partial charge is 0.291 e. The molecule has 1 aromatic rings. The van der Waals surface area contributed by atoms with Crippen LogP contribution in [0.1, 0.15) is 57.6 Å². The molecule has 1 N–H and O–H groups in total. The van der Waals surface area contributed by atoms with Gasteiger partial charge in [0.15, 0.2) is 0 Å². The van der Waals surface area contributed by atoms with Gasteiger partial charge in [-0.05, 0) is 19.3 Å². The van der Waals surface area contributed by atoms with E-state index in [0.29, 0.717) is 6.42 Å². The topological polar surface area (TPSA) is 76.1 Å². The van der Waals surface area contributed by atoms with Crippen LogP contribution in [-0.4, -0.2) is 19.3 Å². The Hall–Kier alpha value is -0.950. The van der Waals surface area contributed by atoms with Crippen molar-refractivity contribution < 1.29 is 13.2 Å². The minimum absolute atomic E-state index is 0.0152. The lowest BCUT2D eigenvalue weighted by Crippen LogP contribution is -2.36. The molecule has 0 unspecified atom stereocenters. The number of rotatable bonds is 4. The molecule has 5 nitrogen and oxygen atoms in total. The highest BCUT2D eigenvalue weighted by atomic mass is 32.2. The van der Waals surface area contributed by atoms with Gasteiger partial charge in [0.2, 0.25) is 10.2 Å². The standard InChI is InChI=1S/C14H22N2O3S2/c1-2-12-10-20-14(15-12)21(18,19)16-13(17)11-8-6-4-3-5-7-9-11/h10-11H,2-9H2,1H3,(H,16,17). The molecule has 1 aliphatic carbocycles. The fourth-order valence-corrected chi connectivity index (χ4v) is 4.71. The van der Waals surface area contributed by atoms with Crippen molar-refractivity contribution in [1.82, 2.24) is 9.71 Å². The van der Waals surface area contributed by atoms with Crippen LogP contribution in [0.3, 0.4) is 0 Å². The summed E-state index contributed by atoms with van der Waals surface area (Å²) in [6.45, 7) is 1.92. The van der Waals surface area contributed by atoms with Crippen LogP contribution in [-0.2, 0) is 21.2 Å². The average Bonchev–Trinajstić information content (AvgIpc) is 2.87. The number of hydrogen-bond donors (Lipinski definition) is 1. The lowest BCUT2D eigenvalue weighted by Gasteiger charge is -2.18. The van der Waals surface area contributed by atoms with Gasteiger partial charge in [0.25, 0.3) is 10.0 Å². The first kappa shape index (κ1) is 16.4. The molecule has 21 heavy (non-hydrogen) atoms. The summed E-state index contributed by atoms with van der Waals surface area (Å²) in [4.78, 5) is 16.3. The van der Waals surface area contributed by atoms with Gasteiger partial charge in [-0.3, -0.25) is 4.79 Å². The molecule has 0 atom stereocenters. The lowest BCUT2D eigenvalue weighted by molar-refractivity contribution is -0.123. The third-order valence-corrected chi connectivity index (χ3v) is 6.48. The Balaban J connectivity index is 2.02. The van der Waals surface area contributed by atoms with E-state index in [9.17, 15) is 13.2 Å². The Bertz CT molecular complexity index is 573. The van der Waals surface area contributed by atoms with Gasteiger partial charge in [0, 0.05) is 11.3 Å². The van der Waals surface area contributed by atoms with Crippen molar-refractivity contribution in [1.29, 1.82) is 0 Å². The van der Waals surface area contributed by atoms with E-state index in [1.165, 1.54) is 6.42 Å². The molecule has 0 bridgehead atoms. The number of aromatic nitrogens is 1. The van der Waals surface area contributed by atoms with Crippen molar-refractivity contribution in [3.05, 3.63) is 11.1 Å². The van der Waals surface area contributed by atoms with Crippen molar-refractivity contribution in [3.63, 3.8) is 0 Å². The van der Waals surface area contributed by atoms with Crippen LogP contribution < -0.4 is 4.72 Å². The smallest absolute Gasteiger partial charge is 0.274 e. The summed E-state index contributed by atoms with van der Waals surface area (Å²) in [6, 6.07) is 0. The predicted molar refractivity (Wildman–Crippen MR) is 82.6 cm³/mol. The summed E-state index contributed by atoms with van der Waals surface area (Å²) in [5.41, 5.74) is 0.735. The van der Waals surface area contributed by atoms with Crippen molar-refractivity contribution in [2.24, 2.45) is 5.92 Å². The summed E-state index contributed by atoms with van der Waals surface area (Å²) in [7, 11) is -3.81. The van der Waals surface area contributed by atoms with Gasteiger partial charge in [0.05, 0.1) is 5.69 Å². The molecule has 1 saturated carbocycles. The second-order valence-electron chi connectivity index (χ2n) is 5.47. The van der Waals surface area contributed by atoms with E-state index in [0.717, 1.165) is 55.6 Å². The molecule has 2 rings (SSSR count). The maximum absolute atomic E-state index is 12.2. The molecular weight excluding hydrogens is 308 g/mol. The molecule has 7 heteroatoms. The zero-order valence-corrected chi connectivity index (χ0v) is 13.9. The van der Waals surface area contributed by atoms with E-state index >= 15 is 0 Å². The molecule has 118 valence electrons. The fourth-order valence-electron chi connectivity index (χ4n) is 2.55. The minimum Gasteiger partial charge on any atom is -0.274 e. The molecule has 1 amide bonds. The molecule has 0 radical (unpaired) electrons. The van der Waals surface area contributed by atoms with E-state index in [-0.39, 0.29) is 16.2 Å². The predicted octanol–water partition coefficient (Wildman–Crippen LogP) is 2.87. The van der Waals surface area contributed by atoms with Crippen LogP contribution in [0.5, 0.6) is 0 Å². The number of nitrogens with one attached hydrogen (secondary N) is 1. The van der Waals surface area contributed by atoms with E-state index in [2.05, 4.69) is 9.71 Å². The number of carbonyl (C=O) groups is 1. The number of hydrogen-bond acceptors (Lipinski definition) is 5. The number of nitrogens with zero attached hydrogens (tertiary/aromatic N) is 1. The zero-order valence-electron chi connectivity index (χ0n) is 12.3. The molecule has 0 aliphatic heterocycles. The Labute approximate surface area is 130 Å². The van der Waals surface area contributed by atoms with Crippen molar-refractivity contribution >= 4 is 27.3 Å². The lowest BCUT2D eigenvalue weighted by atomic mass is 9.91. The fraction of sp³-hybridized carbons (Fsp3) is 0.714. The number of amides is 1. The second-order valence-corrected chi connectivity index (χ2v) is 8.18. The summed E-state index contributed by atoms with van der Waals surface area (Å²) in [5.74, 6) is -0.559. The maximum atomic E-state index is 12.2. The highest BCUT2D eigenvalue weighted by molar-refractivity contribution is 7.92. The van der Waals surface area contributed by atoms with Gasteiger partial charge >= 0.3 is 0 Å². The van der Waals surface area contributed by atoms with Crippen LogP contribution in [0.2, 0.25) is 0 Å². The number of thiazole rings is 1. The van der Waals surface area contributed by atoms with Gasteiger partial charge in [-0.25, -0.2) is 9.71 Å². The van der Waals surface area contributed by atoms with Crippen LogP contribution in [0.15, 0.2) is 9.72 Å². The summed E-state index contributed by atoms with van der Waals surface area (Å²) in [5, 5.41) is 1.72. The summed E-state index contributed by atoms with van der Waals surface area (Å²) in [6.07, 6.45) is 7.70. The van der Waals surface area contributed by atoms with Crippen LogP contribution >= 0.6 is 11.3 Å². The first-order chi connectivity index (χ1) is 10.0. The maximum Gasteiger partial charge on any atom is 0.291 e. The van der Waals surface area contributed by atoms with Crippen LogP contribution in [0.25, 0.3) is 0 Å². The highest BCUT2D eigenvalue weighted by Crippen LogP contribution is 2.23. The third kappa shape index (κ3) is 4.51. The van der Waals surface area contributed by atoms with Gasteiger partial charge in [-0.2, -0.15) is 8.42 Å². The van der Waals surface area contributed by atoms with E-state index < -0.39 is 10.0 Å². The monoisotopic (exact) mass is 330 g/mol. The number of carbonyl (C=O) groups excluding carboxylic acids is 1. The van der Waals surface area contributed by atoms with Gasteiger partial charge in [-0.1, -0.05) is 39.0 Å². The average molecular weight is 330 g/mol. The van der Waals surface area contributed by atoms with Crippen LogP contribution in [0.4, 0.5) is 0 Å². The highest BCUT2D eigenvalue weighted by Gasteiger charge is 2.26. The number of sulfonamides is 1. The van der Waals surface area contributed by atoms with Crippen LogP contribution in [0, 0.1) is 5.92 Å². The quantitative estimate of drug-likeness (QED) is 0.921. The molecule has 0 spiro atoms. The molecule has 1 aromatic heterocycles. The minimum atomic E-state index is -3.81. The van der Waals surface area contributed by atoms with Crippen molar-refractivity contribution in [2.75, 3.05) is 0 Å². The third-order valence-electron chi connectivity index (χ3n) is 3.83. The zero-order chi connectivity index (χ0) is 15.3. The van der Waals surface area contributed by atoms with Gasteiger partial charge in [-0.15, -0.1) is 11.3 Å². The molecular formula is C14H22N2O3S2. The first-order valence-electron chi connectivity index (χ1n) is 7.54. The normalized spacial score (nSPS) is 18.0. The summed E-state index contributed by atoms with van der Waals surface area (Å²) >= 11 is 1.06. The molecule has 0 aromatic carbocycles. The molecule has 1 aliphatic rings. The summed E-state index contributed by atoms with van der Waals surface area (Å²) < 4.78 is 26.6. The van der Waals surface area contributed by atoms with E-state index in [4.69, 9.17) is 0 Å². The Morgan fingerprint density at radius 3 is 2.48 bits per heavy atom. The van der Waals surface area contributed by atoms with Crippen molar-refractivity contribution in [3.8, 4) is 0 Å². The molecule has 1 fully saturated rings. The van der Waals surface area contributed by atoms with Gasteiger partial charge < -0.3 is 0 Å². The number of aryl methyl sites for hydroxylation is 1. The SMILES string of the molecule is CCc1csc(S(=O)(=O)NC(=O)C2CCCCCCC2)n1. The molecule has 1 heterocycles. The Kier molecular flexibility index (Phi) is 5.75. The van der Waals surface area contributed by atoms with E-state index in [1.807, 2.05) is 6.92 Å². The second kappa shape index (κ2) is 7.35. The van der Waals surface area contributed by atoms with Gasteiger partial charge in [0.1, 0.15) is 0 Å². The Morgan fingerprint density at radius 2 is 1.90 bits per heavy atom.